The van der Waals surface area contributed by atoms with Crippen molar-refractivity contribution in [2.75, 3.05) is 17.2 Å². The molecule has 3 rings (SSSR count). The van der Waals surface area contributed by atoms with Gasteiger partial charge in [-0.1, -0.05) is 25.4 Å². The van der Waals surface area contributed by atoms with Crippen molar-refractivity contribution in [1.29, 1.82) is 0 Å². The molecule has 1 unspecified atom stereocenters. The van der Waals surface area contributed by atoms with Crippen molar-refractivity contribution in [3.8, 4) is 11.4 Å². The molecule has 2 aliphatic heterocycles. The normalized spacial score (nSPS) is 12.5. The van der Waals surface area contributed by atoms with Crippen molar-refractivity contribution in [3.63, 3.8) is 0 Å². The first-order valence-corrected chi connectivity index (χ1v) is 10.5. The Balaban J connectivity index is 2.17. The van der Waals surface area contributed by atoms with Crippen LogP contribution in [0.1, 0.15) is 62.6 Å². The Morgan fingerprint density at radius 1 is 1.19 bits per heavy atom. The van der Waals surface area contributed by atoms with Crippen molar-refractivity contribution < 1.29 is 15.0 Å². The van der Waals surface area contributed by atoms with E-state index >= 15 is 0 Å². The first-order valence-electron chi connectivity index (χ1n) is 10.1. The summed E-state index contributed by atoms with van der Waals surface area (Å²) in [6, 6.07) is 4.70. The lowest BCUT2D eigenvalue weighted by atomic mass is 10.1. The highest BCUT2D eigenvalue weighted by molar-refractivity contribution is 6.33. The van der Waals surface area contributed by atoms with E-state index in [1.807, 2.05) is 32.3 Å². The SMILES string of the molecule is CC(O)CNc1nc(Nc2ccc(Cl)c(C(=O)O)c2)c2nnc(C(C)C)c-2n1C(C)C. The van der Waals surface area contributed by atoms with Crippen LogP contribution in [-0.2, 0) is 0 Å². The molecular formula is C21H27ClN6O3. The Morgan fingerprint density at radius 2 is 1.90 bits per heavy atom. The molecule has 0 saturated carbocycles. The van der Waals surface area contributed by atoms with Crippen LogP contribution in [0.4, 0.5) is 17.5 Å². The molecule has 1 aromatic carbocycles. The maximum atomic E-state index is 11.5. The number of rotatable bonds is 8. The average Bonchev–Trinajstić information content (AvgIpc) is 3.12. The molecule has 166 valence electrons. The van der Waals surface area contributed by atoms with Gasteiger partial charge >= 0.3 is 5.97 Å². The molecule has 1 atom stereocenters. The topological polar surface area (TPSA) is 125 Å². The number of aromatic nitrogens is 4. The maximum Gasteiger partial charge on any atom is 0.337 e. The largest absolute Gasteiger partial charge is 0.478 e. The summed E-state index contributed by atoms with van der Waals surface area (Å²) >= 11 is 6.00. The number of anilines is 3. The zero-order valence-corrected chi connectivity index (χ0v) is 18.9. The van der Waals surface area contributed by atoms with Crippen LogP contribution < -0.4 is 10.6 Å². The Bertz CT molecular complexity index is 1060. The van der Waals surface area contributed by atoms with Crippen LogP contribution >= 0.6 is 11.6 Å². The van der Waals surface area contributed by atoms with Crippen molar-refractivity contribution >= 4 is 35.0 Å². The molecule has 1 aromatic rings. The fourth-order valence-corrected chi connectivity index (χ4v) is 3.48. The monoisotopic (exact) mass is 446 g/mol. The third-order valence-electron chi connectivity index (χ3n) is 4.71. The van der Waals surface area contributed by atoms with Gasteiger partial charge in [-0.3, -0.25) is 0 Å². The standard InChI is InChI=1S/C21H27ClN6O3/c1-10(2)16-18-17(27-26-16)19(24-13-6-7-15(22)14(8-13)20(30)31)25-21(23-9-12(5)29)28(18)11(3)4/h6-8,10-12,24,29H,9H2,1-5H3,(H,23,25)(H,30,31). The lowest BCUT2D eigenvalue weighted by Crippen LogP contribution is -2.22. The highest BCUT2D eigenvalue weighted by Gasteiger charge is 2.28. The minimum atomic E-state index is -1.12. The van der Waals surface area contributed by atoms with E-state index in [4.69, 9.17) is 16.6 Å². The fraction of sp³-hybridized carbons (Fsp3) is 0.429. The van der Waals surface area contributed by atoms with E-state index in [1.54, 1.807) is 13.0 Å². The summed E-state index contributed by atoms with van der Waals surface area (Å²) in [5.74, 6) is -0.0101. The number of carboxylic acids is 1. The molecule has 9 nitrogen and oxygen atoms in total. The van der Waals surface area contributed by atoms with E-state index in [-0.39, 0.29) is 22.5 Å². The summed E-state index contributed by atoms with van der Waals surface area (Å²) < 4.78 is 2.02. The Hall–Kier alpha value is -2.91. The lowest BCUT2D eigenvalue weighted by molar-refractivity contribution is 0.0697. The van der Waals surface area contributed by atoms with Gasteiger partial charge in [0.1, 0.15) is 0 Å². The molecule has 2 heterocycles. The van der Waals surface area contributed by atoms with Crippen LogP contribution in [0.15, 0.2) is 18.2 Å². The van der Waals surface area contributed by atoms with Crippen LogP contribution in [-0.4, -0.2) is 48.6 Å². The second kappa shape index (κ2) is 9.07. The summed E-state index contributed by atoms with van der Waals surface area (Å²) in [4.78, 5) is 16.2. The predicted molar refractivity (Wildman–Crippen MR) is 121 cm³/mol. The van der Waals surface area contributed by atoms with Gasteiger partial charge in [-0.2, -0.15) is 10.1 Å². The summed E-state index contributed by atoms with van der Waals surface area (Å²) in [5, 5.41) is 34.4. The van der Waals surface area contributed by atoms with Crippen molar-refractivity contribution in [1.82, 2.24) is 19.7 Å². The van der Waals surface area contributed by atoms with E-state index in [0.29, 0.717) is 29.7 Å². The first kappa shape index (κ1) is 22.8. The van der Waals surface area contributed by atoms with Crippen LogP contribution in [0, 0.1) is 0 Å². The third kappa shape index (κ3) is 4.72. The van der Waals surface area contributed by atoms with E-state index in [1.165, 1.54) is 12.1 Å². The molecule has 0 spiro atoms. The third-order valence-corrected chi connectivity index (χ3v) is 5.04. The van der Waals surface area contributed by atoms with Gasteiger partial charge in [-0.05, 0) is 44.9 Å². The molecule has 2 aliphatic rings. The van der Waals surface area contributed by atoms with E-state index in [0.717, 1.165) is 11.4 Å². The van der Waals surface area contributed by atoms with Crippen LogP contribution in [0.5, 0.6) is 0 Å². The van der Waals surface area contributed by atoms with Crippen LogP contribution in [0.3, 0.4) is 0 Å². The molecule has 0 fully saturated rings. The quantitative estimate of drug-likeness (QED) is 0.402. The number of aliphatic hydroxyl groups is 1. The zero-order chi connectivity index (χ0) is 22.9. The minimum Gasteiger partial charge on any atom is -0.478 e. The number of carboxylic acid groups (broad SMARTS) is 1. The van der Waals surface area contributed by atoms with Crippen molar-refractivity contribution in [2.24, 2.45) is 0 Å². The van der Waals surface area contributed by atoms with Crippen molar-refractivity contribution in [2.45, 2.75) is 52.7 Å². The number of hydrogen-bond acceptors (Lipinski definition) is 7. The Morgan fingerprint density at radius 3 is 2.48 bits per heavy atom. The highest BCUT2D eigenvalue weighted by atomic mass is 35.5. The summed E-state index contributed by atoms with van der Waals surface area (Å²) in [6.07, 6.45) is -0.565. The lowest BCUT2D eigenvalue weighted by Gasteiger charge is -2.24. The highest BCUT2D eigenvalue weighted by Crippen LogP contribution is 2.38. The molecule has 4 N–H and O–H groups in total. The number of aliphatic hydroxyl groups excluding tert-OH is 1. The molecule has 0 bridgehead atoms. The Labute approximate surface area is 185 Å². The predicted octanol–water partition coefficient (Wildman–Crippen LogP) is 4.37. The molecule has 0 aromatic heterocycles. The number of nitrogens with one attached hydrogen (secondary N) is 2. The van der Waals surface area contributed by atoms with Gasteiger partial charge in [-0.25, -0.2) is 4.79 Å². The fourth-order valence-electron chi connectivity index (χ4n) is 3.28. The number of hydrogen-bond donors (Lipinski definition) is 4. The van der Waals surface area contributed by atoms with Gasteiger partial charge in [0.05, 0.1) is 28.1 Å². The Kier molecular flexibility index (Phi) is 6.66. The number of halogens is 1. The molecule has 0 saturated heterocycles. The number of aromatic carboxylic acids is 1. The second-order valence-electron chi connectivity index (χ2n) is 8.04. The molecular weight excluding hydrogens is 420 g/mol. The van der Waals surface area contributed by atoms with E-state index < -0.39 is 12.1 Å². The van der Waals surface area contributed by atoms with Gasteiger partial charge in [0.2, 0.25) is 5.95 Å². The average molecular weight is 447 g/mol. The number of fused-ring (bicyclic) bond motifs is 1. The molecule has 10 heteroatoms. The van der Waals surface area contributed by atoms with E-state index in [9.17, 15) is 15.0 Å². The van der Waals surface area contributed by atoms with Crippen LogP contribution in [0.25, 0.3) is 11.4 Å². The molecule has 31 heavy (non-hydrogen) atoms. The summed E-state index contributed by atoms with van der Waals surface area (Å²) in [7, 11) is 0. The maximum absolute atomic E-state index is 11.5. The number of benzene rings is 1. The van der Waals surface area contributed by atoms with Gasteiger partial charge in [0, 0.05) is 18.3 Å². The first-order chi connectivity index (χ1) is 14.6. The van der Waals surface area contributed by atoms with Gasteiger partial charge < -0.3 is 25.4 Å². The summed E-state index contributed by atoms with van der Waals surface area (Å²) in [5.41, 5.74) is 2.74. The number of nitrogens with zero attached hydrogens (tertiary/aromatic N) is 4. The van der Waals surface area contributed by atoms with Gasteiger partial charge in [0.15, 0.2) is 11.5 Å². The minimum absolute atomic E-state index is 0.0139. The molecule has 0 amide bonds. The van der Waals surface area contributed by atoms with Crippen LogP contribution in [0.2, 0.25) is 5.02 Å². The van der Waals surface area contributed by atoms with Gasteiger partial charge in [-0.15, -0.1) is 5.10 Å². The summed E-state index contributed by atoms with van der Waals surface area (Å²) in [6.45, 7) is 10.2. The van der Waals surface area contributed by atoms with Gasteiger partial charge in [0.25, 0.3) is 0 Å². The zero-order valence-electron chi connectivity index (χ0n) is 18.1. The molecule has 0 aliphatic carbocycles. The van der Waals surface area contributed by atoms with Crippen molar-refractivity contribution in [3.05, 3.63) is 34.5 Å². The second-order valence-corrected chi connectivity index (χ2v) is 8.45. The number of carbonyl (C=O) groups is 1. The smallest absolute Gasteiger partial charge is 0.337 e. The van der Waals surface area contributed by atoms with E-state index in [2.05, 4.69) is 20.8 Å². The molecule has 0 radical (unpaired) electrons.